The summed E-state index contributed by atoms with van der Waals surface area (Å²) in [5.41, 5.74) is -0.185. The highest BCUT2D eigenvalue weighted by Gasteiger charge is 2.72. The smallest absolute Gasteiger partial charge is 0.356 e. The predicted octanol–water partition coefficient (Wildman–Crippen LogP) is 3.69. The molecule has 2 N–H and O–H groups in total. The lowest BCUT2D eigenvalue weighted by molar-refractivity contribution is 0.0691. The van der Waals surface area contributed by atoms with Gasteiger partial charge in [0, 0.05) is 25.7 Å². The summed E-state index contributed by atoms with van der Waals surface area (Å²) in [7, 11) is 1.47. The number of benzene rings is 1. The lowest BCUT2D eigenvalue weighted by Gasteiger charge is -2.24. The zero-order valence-electron chi connectivity index (χ0n) is 18.0. The number of aromatic carboxylic acids is 1. The number of carboxylic acid groups (broad SMARTS) is 1. The molecule has 1 aliphatic carbocycles. The van der Waals surface area contributed by atoms with Gasteiger partial charge in [-0.05, 0) is 31.2 Å². The van der Waals surface area contributed by atoms with E-state index in [9.17, 15) is 27.9 Å². The molecule has 0 amide bonds. The third kappa shape index (κ3) is 3.46. The highest BCUT2D eigenvalue weighted by molar-refractivity contribution is 6.29. The van der Waals surface area contributed by atoms with Crippen molar-refractivity contribution in [3.63, 3.8) is 0 Å². The van der Waals surface area contributed by atoms with E-state index >= 15 is 0 Å². The molecule has 0 spiro atoms. The maximum Gasteiger partial charge on any atom is 0.356 e. The number of fused-ring (bicyclic) bond motifs is 2. The summed E-state index contributed by atoms with van der Waals surface area (Å²) >= 11 is 5.81. The van der Waals surface area contributed by atoms with Gasteiger partial charge in [-0.2, -0.15) is 0 Å². The van der Waals surface area contributed by atoms with Crippen molar-refractivity contribution in [1.82, 2.24) is 14.5 Å². The van der Waals surface area contributed by atoms with Crippen LogP contribution in [-0.2, 0) is 7.05 Å². The quantitative estimate of drug-likeness (QED) is 0.523. The van der Waals surface area contributed by atoms with Crippen LogP contribution in [0.25, 0.3) is 10.9 Å². The van der Waals surface area contributed by atoms with Crippen LogP contribution in [0.2, 0.25) is 5.15 Å². The first kappa shape index (κ1) is 22.5. The average Bonchev–Trinajstić information content (AvgIpc) is 3.11. The summed E-state index contributed by atoms with van der Waals surface area (Å²) in [5, 5.41) is 12.4. The molecule has 5 rings (SSSR count). The van der Waals surface area contributed by atoms with Crippen molar-refractivity contribution in [3.05, 3.63) is 56.8 Å². The van der Waals surface area contributed by atoms with E-state index in [0.717, 1.165) is 6.07 Å². The number of hydrogen-bond acceptors (Lipinski definition) is 6. The summed E-state index contributed by atoms with van der Waals surface area (Å²) in [5.74, 6) is -5.97. The van der Waals surface area contributed by atoms with Gasteiger partial charge in [-0.3, -0.25) is 9.36 Å². The fourth-order valence-corrected chi connectivity index (χ4v) is 4.81. The maximum atomic E-state index is 14.5. The summed E-state index contributed by atoms with van der Waals surface area (Å²) in [4.78, 5) is 34.7. The number of nitrogens with zero attached hydrogens (tertiary/aromatic N) is 4. The molecule has 8 nitrogen and oxygen atoms in total. The fraction of sp³-hybridized carbons (Fsp3) is 0.364. The van der Waals surface area contributed by atoms with Crippen molar-refractivity contribution in [3.8, 4) is 0 Å². The molecule has 34 heavy (non-hydrogen) atoms. The van der Waals surface area contributed by atoms with E-state index < -0.39 is 41.1 Å². The van der Waals surface area contributed by atoms with Gasteiger partial charge in [0.05, 0.1) is 34.5 Å². The van der Waals surface area contributed by atoms with E-state index in [-0.39, 0.29) is 46.5 Å². The Kier molecular flexibility index (Phi) is 5.01. The largest absolute Gasteiger partial charge is 0.476 e. The first-order chi connectivity index (χ1) is 16.0. The number of alkyl halides is 2. The number of aromatic nitrogens is 3. The molecule has 1 saturated carbocycles. The Morgan fingerprint density at radius 1 is 1.26 bits per heavy atom. The molecule has 3 aromatic rings. The number of pyridine rings is 1. The van der Waals surface area contributed by atoms with Crippen LogP contribution in [0.15, 0.2) is 29.1 Å². The minimum absolute atomic E-state index is 0.00384. The second-order valence-corrected chi connectivity index (χ2v) is 9.05. The summed E-state index contributed by atoms with van der Waals surface area (Å²) in [6.45, 7) is 1.80. The Balaban J connectivity index is 1.57. The monoisotopic (exact) mass is 493 g/mol. The molecule has 1 aromatic carbocycles. The van der Waals surface area contributed by atoms with Crippen LogP contribution >= 0.6 is 11.6 Å². The summed E-state index contributed by atoms with van der Waals surface area (Å²) < 4.78 is 43.1. The molecular weight excluding hydrogens is 475 g/mol. The number of anilines is 2. The molecule has 1 aliphatic heterocycles. The van der Waals surface area contributed by atoms with Gasteiger partial charge in [0.25, 0.3) is 11.5 Å². The molecule has 2 fully saturated rings. The minimum Gasteiger partial charge on any atom is -0.476 e. The Bertz CT molecular complexity index is 1400. The summed E-state index contributed by atoms with van der Waals surface area (Å²) in [6.07, 6.45) is 0. The molecule has 2 aromatic heterocycles. The van der Waals surface area contributed by atoms with Crippen LogP contribution in [0.5, 0.6) is 0 Å². The van der Waals surface area contributed by atoms with Gasteiger partial charge in [0.15, 0.2) is 5.69 Å². The molecule has 3 heterocycles. The normalized spacial score (nSPS) is 21.4. The van der Waals surface area contributed by atoms with Crippen LogP contribution in [0.4, 0.5) is 24.8 Å². The number of carbonyl (C=O) groups is 1. The van der Waals surface area contributed by atoms with E-state index in [1.54, 1.807) is 11.8 Å². The molecule has 178 valence electrons. The lowest BCUT2D eigenvalue weighted by atomic mass is 10.0. The third-order valence-electron chi connectivity index (χ3n) is 6.54. The number of halogens is 4. The first-order valence-electron chi connectivity index (χ1n) is 10.5. The second kappa shape index (κ2) is 7.59. The van der Waals surface area contributed by atoms with Gasteiger partial charge in [-0.1, -0.05) is 11.6 Å². The lowest BCUT2D eigenvalue weighted by Crippen LogP contribution is -2.34. The van der Waals surface area contributed by atoms with Crippen molar-refractivity contribution in [2.75, 3.05) is 23.3 Å². The first-order valence-corrected chi connectivity index (χ1v) is 10.9. The molecule has 0 radical (unpaired) electrons. The van der Waals surface area contributed by atoms with E-state index in [0.29, 0.717) is 5.56 Å². The zero-order valence-corrected chi connectivity index (χ0v) is 18.8. The van der Waals surface area contributed by atoms with E-state index in [1.807, 2.05) is 0 Å². The molecule has 12 heteroatoms. The number of rotatable bonds is 5. The fourth-order valence-electron chi connectivity index (χ4n) is 4.66. The van der Waals surface area contributed by atoms with Crippen LogP contribution in [0.3, 0.4) is 0 Å². The van der Waals surface area contributed by atoms with Crippen LogP contribution < -0.4 is 15.8 Å². The second-order valence-electron chi connectivity index (χ2n) is 8.66. The average molecular weight is 494 g/mol. The molecular formula is C22H19ClF3N5O3. The third-order valence-corrected chi connectivity index (χ3v) is 6.75. The van der Waals surface area contributed by atoms with Crippen molar-refractivity contribution < 1.29 is 23.1 Å². The molecule has 0 bridgehead atoms. The Labute approximate surface area is 196 Å². The van der Waals surface area contributed by atoms with Crippen molar-refractivity contribution in [2.45, 2.75) is 18.9 Å². The number of nitrogens with one attached hydrogen (secondary N) is 1. The van der Waals surface area contributed by atoms with Gasteiger partial charge < -0.3 is 15.3 Å². The molecule has 1 saturated heterocycles. The predicted molar refractivity (Wildman–Crippen MR) is 119 cm³/mol. The topological polar surface area (TPSA) is 100 Å². The van der Waals surface area contributed by atoms with Gasteiger partial charge in [0.2, 0.25) is 5.95 Å². The SMILES string of the molecule is C[C@@H](Nc1ccc(Cl)nc1C(=O)O)c1cc(F)cc2c(=O)n(C)c(N3CC4C(C3)C4(F)F)nc12. The Morgan fingerprint density at radius 2 is 1.94 bits per heavy atom. The molecule has 3 atom stereocenters. The Hall–Kier alpha value is -3.34. The van der Waals surface area contributed by atoms with Crippen molar-refractivity contribution in [1.29, 1.82) is 0 Å². The standard InChI is InChI=1S/C22H19ClF3N5O3/c1-9(27-15-3-4-16(23)28-18(15)20(33)34)11-5-10(24)6-12-17(11)29-21(30(2)19(12)32)31-7-13-14(8-31)22(13,25)26/h3-6,9,13-14,27H,7-8H2,1-2H3,(H,33,34)/t9-,13?,14?/m1/s1. The van der Waals surface area contributed by atoms with Gasteiger partial charge in [-0.15, -0.1) is 0 Å². The minimum atomic E-state index is -2.69. The van der Waals surface area contributed by atoms with Crippen LogP contribution in [-0.4, -0.2) is 44.6 Å². The Morgan fingerprint density at radius 3 is 2.59 bits per heavy atom. The molecule has 2 unspecified atom stereocenters. The number of piperidine rings is 1. The number of carboxylic acids is 1. The highest BCUT2D eigenvalue weighted by atomic mass is 35.5. The van der Waals surface area contributed by atoms with Crippen LogP contribution in [0, 0.1) is 17.7 Å². The van der Waals surface area contributed by atoms with Gasteiger partial charge in [-0.25, -0.2) is 27.9 Å². The number of hydrogen-bond donors (Lipinski definition) is 2. The highest BCUT2D eigenvalue weighted by Crippen LogP contribution is 2.59. The summed E-state index contributed by atoms with van der Waals surface area (Å²) in [6, 6.07) is 4.43. The zero-order chi connectivity index (χ0) is 24.5. The molecule has 2 aliphatic rings. The van der Waals surface area contributed by atoms with E-state index in [1.165, 1.54) is 29.8 Å². The van der Waals surface area contributed by atoms with Gasteiger partial charge in [0.1, 0.15) is 11.0 Å². The van der Waals surface area contributed by atoms with Gasteiger partial charge >= 0.3 is 5.97 Å². The maximum absolute atomic E-state index is 14.5. The van der Waals surface area contributed by atoms with Crippen molar-refractivity contribution >= 4 is 40.1 Å². The van der Waals surface area contributed by atoms with Crippen molar-refractivity contribution in [2.24, 2.45) is 18.9 Å². The van der Waals surface area contributed by atoms with E-state index in [2.05, 4.69) is 15.3 Å². The van der Waals surface area contributed by atoms with Crippen LogP contribution in [0.1, 0.15) is 29.0 Å². The van der Waals surface area contributed by atoms with E-state index in [4.69, 9.17) is 11.6 Å².